The molecule has 0 amide bonds. The van der Waals surface area contributed by atoms with Gasteiger partial charge in [-0.2, -0.15) is 5.10 Å². The lowest BCUT2D eigenvalue weighted by Crippen LogP contribution is -2.00. The summed E-state index contributed by atoms with van der Waals surface area (Å²) >= 11 is 3.42. The van der Waals surface area contributed by atoms with Crippen LogP contribution in [0.15, 0.2) is 28.7 Å². The van der Waals surface area contributed by atoms with Gasteiger partial charge in [0.2, 0.25) is 0 Å². The number of rotatable bonds is 2. The molecule has 2 rings (SSSR count). The summed E-state index contributed by atoms with van der Waals surface area (Å²) in [6.45, 7) is 1.91. The molecule has 4 heteroatoms. The quantitative estimate of drug-likeness (QED) is 0.836. The molecule has 78 valence electrons. The summed E-state index contributed by atoms with van der Waals surface area (Å²) < 4.78 is 2.93. The molecular formula is C11H12BrN3. The third-order valence-electron chi connectivity index (χ3n) is 2.23. The SMILES string of the molecule is Cc1nc(Cc2ccc(Br)cc2)n(C)n1. The van der Waals surface area contributed by atoms with Gasteiger partial charge in [0.1, 0.15) is 11.6 Å². The molecule has 0 N–H and O–H groups in total. The zero-order valence-corrected chi connectivity index (χ0v) is 10.3. The molecular weight excluding hydrogens is 254 g/mol. The highest BCUT2D eigenvalue weighted by atomic mass is 79.9. The Labute approximate surface area is 97.3 Å². The molecule has 0 radical (unpaired) electrons. The second kappa shape index (κ2) is 4.14. The van der Waals surface area contributed by atoms with Crippen molar-refractivity contribution in [3.63, 3.8) is 0 Å². The van der Waals surface area contributed by atoms with E-state index in [4.69, 9.17) is 0 Å². The second-order valence-electron chi connectivity index (χ2n) is 3.50. The molecule has 0 aliphatic carbocycles. The largest absolute Gasteiger partial charge is 0.253 e. The van der Waals surface area contributed by atoms with E-state index in [1.54, 1.807) is 0 Å². The third kappa shape index (κ3) is 2.45. The highest BCUT2D eigenvalue weighted by molar-refractivity contribution is 9.10. The van der Waals surface area contributed by atoms with Crippen LogP contribution in [-0.2, 0) is 13.5 Å². The maximum absolute atomic E-state index is 4.37. The van der Waals surface area contributed by atoms with Gasteiger partial charge in [0.05, 0.1) is 0 Å². The molecule has 1 aromatic heterocycles. The standard InChI is InChI=1S/C11H12BrN3/c1-8-13-11(15(2)14-8)7-9-3-5-10(12)6-4-9/h3-6H,7H2,1-2H3. The number of aryl methyl sites for hydroxylation is 2. The maximum atomic E-state index is 4.37. The molecule has 3 nitrogen and oxygen atoms in total. The van der Waals surface area contributed by atoms with Crippen LogP contribution in [0.25, 0.3) is 0 Å². The van der Waals surface area contributed by atoms with Crippen LogP contribution in [0.5, 0.6) is 0 Å². The Hall–Kier alpha value is -1.16. The summed E-state index contributed by atoms with van der Waals surface area (Å²) in [5.74, 6) is 1.82. The summed E-state index contributed by atoms with van der Waals surface area (Å²) in [6, 6.07) is 8.26. The molecule has 1 heterocycles. The van der Waals surface area contributed by atoms with E-state index in [0.717, 1.165) is 22.5 Å². The van der Waals surface area contributed by atoms with Gasteiger partial charge in [-0.25, -0.2) is 4.98 Å². The Balaban J connectivity index is 2.21. The molecule has 0 atom stereocenters. The van der Waals surface area contributed by atoms with E-state index in [-0.39, 0.29) is 0 Å². The van der Waals surface area contributed by atoms with Crippen molar-refractivity contribution in [2.24, 2.45) is 7.05 Å². The Morgan fingerprint density at radius 3 is 2.47 bits per heavy atom. The van der Waals surface area contributed by atoms with Gasteiger partial charge in [0.15, 0.2) is 0 Å². The number of benzene rings is 1. The summed E-state index contributed by atoms with van der Waals surface area (Å²) in [4.78, 5) is 4.37. The Bertz CT molecular complexity index is 459. The number of nitrogens with zero attached hydrogens (tertiary/aromatic N) is 3. The van der Waals surface area contributed by atoms with Crippen molar-refractivity contribution >= 4 is 15.9 Å². The van der Waals surface area contributed by atoms with E-state index in [9.17, 15) is 0 Å². The van der Waals surface area contributed by atoms with Gasteiger partial charge in [-0.3, -0.25) is 4.68 Å². The van der Waals surface area contributed by atoms with Crippen LogP contribution in [-0.4, -0.2) is 14.8 Å². The molecule has 0 spiro atoms. The molecule has 0 aliphatic heterocycles. The first-order valence-corrected chi connectivity index (χ1v) is 5.55. The lowest BCUT2D eigenvalue weighted by atomic mass is 10.1. The van der Waals surface area contributed by atoms with Crippen LogP contribution < -0.4 is 0 Å². The highest BCUT2D eigenvalue weighted by Crippen LogP contribution is 2.13. The predicted molar refractivity (Wildman–Crippen MR) is 62.7 cm³/mol. The Morgan fingerprint density at radius 1 is 1.27 bits per heavy atom. The van der Waals surface area contributed by atoms with Crippen LogP contribution in [0.4, 0.5) is 0 Å². The predicted octanol–water partition coefficient (Wildman–Crippen LogP) is 2.48. The number of hydrogen-bond acceptors (Lipinski definition) is 2. The minimum absolute atomic E-state index is 0.824. The molecule has 0 unspecified atom stereocenters. The van der Waals surface area contributed by atoms with Crippen LogP contribution in [0.2, 0.25) is 0 Å². The average Bonchev–Trinajstić information content (AvgIpc) is 2.49. The fourth-order valence-electron chi connectivity index (χ4n) is 1.50. The second-order valence-corrected chi connectivity index (χ2v) is 4.42. The monoisotopic (exact) mass is 265 g/mol. The first kappa shape index (κ1) is 10.4. The number of hydrogen-bond donors (Lipinski definition) is 0. The van der Waals surface area contributed by atoms with Crippen molar-refractivity contribution in [2.75, 3.05) is 0 Å². The molecule has 15 heavy (non-hydrogen) atoms. The lowest BCUT2D eigenvalue weighted by molar-refractivity contribution is 0.712. The van der Waals surface area contributed by atoms with Crippen LogP contribution in [0.1, 0.15) is 17.2 Å². The van der Waals surface area contributed by atoms with E-state index >= 15 is 0 Å². The van der Waals surface area contributed by atoms with Gasteiger partial charge < -0.3 is 0 Å². The molecule has 1 aromatic carbocycles. The molecule has 0 bridgehead atoms. The average molecular weight is 266 g/mol. The van der Waals surface area contributed by atoms with Crippen LogP contribution >= 0.6 is 15.9 Å². The molecule has 2 aromatic rings. The van der Waals surface area contributed by atoms with Gasteiger partial charge in [-0.05, 0) is 24.6 Å². The Morgan fingerprint density at radius 2 is 1.93 bits per heavy atom. The van der Waals surface area contributed by atoms with Crippen molar-refractivity contribution in [1.82, 2.24) is 14.8 Å². The molecule has 0 saturated heterocycles. The lowest BCUT2D eigenvalue weighted by Gasteiger charge is -2.00. The summed E-state index contributed by atoms with van der Waals surface area (Å²) in [5, 5.41) is 4.22. The van der Waals surface area contributed by atoms with Crippen molar-refractivity contribution in [2.45, 2.75) is 13.3 Å². The molecule has 0 aliphatic rings. The summed E-state index contributed by atoms with van der Waals surface area (Å²) in [6.07, 6.45) is 0.824. The van der Waals surface area contributed by atoms with Crippen molar-refractivity contribution < 1.29 is 0 Å². The smallest absolute Gasteiger partial charge is 0.147 e. The van der Waals surface area contributed by atoms with Crippen molar-refractivity contribution in [3.8, 4) is 0 Å². The van der Waals surface area contributed by atoms with Crippen LogP contribution in [0, 0.1) is 6.92 Å². The van der Waals surface area contributed by atoms with E-state index in [1.807, 2.05) is 30.8 Å². The minimum Gasteiger partial charge on any atom is -0.253 e. The van der Waals surface area contributed by atoms with E-state index in [1.165, 1.54) is 5.56 Å². The maximum Gasteiger partial charge on any atom is 0.147 e. The van der Waals surface area contributed by atoms with Crippen LogP contribution in [0.3, 0.4) is 0 Å². The first-order chi connectivity index (χ1) is 7.15. The third-order valence-corrected chi connectivity index (χ3v) is 2.76. The first-order valence-electron chi connectivity index (χ1n) is 4.76. The fourth-order valence-corrected chi connectivity index (χ4v) is 1.76. The summed E-state index contributed by atoms with van der Waals surface area (Å²) in [7, 11) is 1.92. The van der Waals surface area contributed by atoms with Gasteiger partial charge in [-0.15, -0.1) is 0 Å². The van der Waals surface area contributed by atoms with Gasteiger partial charge >= 0.3 is 0 Å². The van der Waals surface area contributed by atoms with E-state index in [0.29, 0.717) is 0 Å². The van der Waals surface area contributed by atoms with Crippen molar-refractivity contribution in [3.05, 3.63) is 46.0 Å². The minimum atomic E-state index is 0.824. The van der Waals surface area contributed by atoms with Gasteiger partial charge in [-0.1, -0.05) is 28.1 Å². The Kier molecular flexibility index (Phi) is 2.86. The number of aromatic nitrogens is 3. The molecule has 0 fully saturated rings. The van der Waals surface area contributed by atoms with E-state index < -0.39 is 0 Å². The molecule has 0 saturated carbocycles. The zero-order valence-electron chi connectivity index (χ0n) is 8.74. The topological polar surface area (TPSA) is 30.7 Å². The highest BCUT2D eigenvalue weighted by Gasteiger charge is 2.04. The van der Waals surface area contributed by atoms with Crippen molar-refractivity contribution in [1.29, 1.82) is 0 Å². The van der Waals surface area contributed by atoms with E-state index in [2.05, 4.69) is 38.1 Å². The van der Waals surface area contributed by atoms with Gasteiger partial charge in [0.25, 0.3) is 0 Å². The zero-order chi connectivity index (χ0) is 10.8. The summed E-state index contributed by atoms with van der Waals surface area (Å²) in [5.41, 5.74) is 1.24. The normalized spacial score (nSPS) is 10.6. The number of halogens is 1. The van der Waals surface area contributed by atoms with Gasteiger partial charge in [0, 0.05) is 17.9 Å². The fraction of sp³-hybridized carbons (Fsp3) is 0.273.